The summed E-state index contributed by atoms with van der Waals surface area (Å²) in [5.74, 6) is 1.68. The van der Waals surface area contributed by atoms with Gasteiger partial charge < -0.3 is 13.4 Å². The number of hydrogen-bond acceptors (Lipinski definition) is 6. The van der Waals surface area contributed by atoms with Crippen LogP contribution in [-0.2, 0) is 0 Å². The lowest BCUT2D eigenvalue weighted by molar-refractivity contribution is 0.669. The van der Waals surface area contributed by atoms with Crippen molar-refractivity contribution in [3.05, 3.63) is 182 Å². The van der Waals surface area contributed by atoms with E-state index >= 15 is 0 Å². The minimum atomic E-state index is 0.529. The van der Waals surface area contributed by atoms with Crippen LogP contribution in [0.15, 0.2) is 191 Å². The van der Waals surface area contributed by atoms with Crippen LogP contribution >= 0.6 is 11.3 Å². The van der Waals surface area contributed by atoms with E-state index in [4.69, 9.17) is 23.8 Å². The Labute approximate surface area is 356 Å². The highest BCUT2D eigenvalue weighted by Crippen LogP contribution is 2.44. The molecule has 0 amide bonds. The summed E-state index contributed by atoms with van der Waals surface area (Å²) in [7, 11) is 0. The van der Waals surface area contributed by atoms with E-state index in [2.05, 4.69) is 144 Å². The number of hydrogen-bond donors (Lipinski definition) is 0. The molecule has 0 saturated carbocycles. The van der Waals surface area contributed by atoms with E-state index in [1.807, 2.05) is 42.5 Å². The van der Waals surface area contributed by atoms with Crippen LogP contribution in [0.25, 0.3) is 136 Å². The molecule has 0 atom stereocenters. The molecule has 9 aromatic carbocycles. The number of aromatic nitrogens is 4. The van der Waals surface area contributed by atoms with Crippen molar-refractivity contribution in [1.82, 2.24) is 19.5 Å². The Kier molecular flexibility index (Phi) is 6.89. The fourth-order valence-electron chi connectivity index (χ4n) is 9.57. The van der Waals surface area contributed by atoms with Crippen LogP contribution in [-0.4, -0.2) is 19.5 Å². The third-order valence-corrected chi connectivity index (χ3v) is 13.6. The highest BCUT2D eigenvalue weighted by molar-refractivity contribution is 7.25. The molecule has 62 heavy (non-hydrogen) atoms. The van der Waals surface area contributed by atoms with E-state index in [0.717, 1.165) is 71.7 Å². The van der Waals surface area contributed by atoms with Gasteiger partial charge in [0.25, 0.3) is 0 Å². The van der Waals surface area contributed by atoms with Gasteiger partial charge in [0.1, 0.15) is 22.3 Å². The summed E-state index contributed by atoms with van der Waals surface area (Å²) in [5, 5.41) is 11.3. The molecule has 0 N–H and O–H groups in total. The molecule has 5 aromatic heterocycles. The normalized spacial score (nSPS) is 12.2. The van der Waals surface area contributed by atoms with Crippen molar-refractivity contribution < 1.29 is 8.83 Å². The average Bonchev–Trinajstić information content (AvgIpc) is 4.09. The lowest BCUT2D eigenvalue weighted by Gasteiger charge is -2.13. The van der Waals surface area contributed by atoms with Crippen LogP contribution in [0.1, 0.15) is 0 Å². The number of rotatable bonds is 4. The van der Waals surface area contributed by atoms with Crippen LogP contribution in [0.2, 0.25) is 0 Å². The molecule has 0 aliphatic rings. The summed E-state index contributed by atoms with van der Waals surface area (Å²) in [5.41, 5.74) is 9.02. The maximum Gasteiger partial charge on any atom is 0.167 e. The minimum absolute atomic E-state index is 0.529. The van der Waals surface area contributed by atoms with Gasteiger partial charge in [0.05, 0.1) is 27.7 Å². The first-order chi connectivity index (χ1) is 30.7. The second-order valence-corrected chi connectivity index (χ2v) is 17.0. The number of fused-ring (bicyclic) bond motifs is 13. The molecule has 0 unspecified atom stereocenters. The quantitative estimate of drug-likeness (QED) is 0.177. The van der Waals surface area contributed by atoms with Gasteiger partial charge in [-0.05, 0) is 95.7 Å². The Morgan fingerprint density at radius 1 is 0.387 bits per heavy atom. The number of thiophene rings is 1. The average molecular weight is 811 g/mol. The number of benzene rings is 9. The molecule has 0 bridgehead atoms. The number of furan rings is 2. The Balaban J connectivity index is 1.05. The van der Waals surface area contributed by atoms with Crippen LogP contribution in [0, 0.1) is 0 Å². The zero-order chi connectivity index (χ0) is 40.5. The van der Waals surface area contributed by atoms with E-state index < -0.39 is 0 Å². The van der Waals surface area contributed by atoms with Gasteiger partial charge in [0, 0.05) is 58.2 Å². The summed E-state index contributed by atoms with van der Waals surface area (Å²) < 4.78 is 18.0. The predicted octanol–water partition coefficient (Wildman–Crippen LogP) is 15.3. The molecule has 7 heteroatoms. The van der Waals surface area contributed by atoms with Gasteiger partial charge in [-0.25, -0.2) is 15.0 Å². The molecule has 0 fully saturated rings. The Bertz CT molecular complexity index is 4060. The van der Waals surface area contributed by atoms with Gasteiger partial charge in [-0.15, -0.1) is 11.3 Å². The van der Waals surface area contributed by atoms with Crippen LogP contribution in [0.4, 0.5) is 0 Å². The lowest BCUT2D eigenvalue weighted by atomic mass is 10.0. The van der Waals surface area contributed by atoms with E-state index in [1.165, 1.54) is 41.7 Å². The second-order valence-electron chi connectivity index (χ2n) is 15.9. The monoisotopic (exact) mass is 810 g/mol. The first-order valence-electron chi connectivity index (χ1n) is 20.7. The summed E-state index contributed by atoms with van der Waals surface area (Å²) in [6.07, 6.45) is 0. The second kappa shape index (κ2) is 12.7. The van der Waals surface area contributed by atoms with Crippen molar-refractivity contribution in [3.63, 3.8) is 0 Å². The largest absolute Gasteiger partial charge is 0.456 e. The van der Waals surface area contributed by atoms with Crippen LogP contribution in [0.5, 0.6) is 0 Å². The standard InChI is InChI=1S/C55H30N4O2S/c1-2-12-32-30-45-40(27-31(32)11-1)35-13-3-7-17-43(35)59(45)44-24-23-39(52-51(44)38-16-5-9-19-47(38)61-52)55-57-53(33-21-25-48-41(28-33)36-14-4-8-18-46(36)60-48)56-54(58-55)34-22-26-50-42(29-34)37-15-6-10-20-49(37)62-50/h1-30H. The molecular weight excluding hydrogens is 781 g/mol. The zero-order valence-corrected chi connectivity index (χ0v) is 33.7. The molecule has 0 aliphatic carbocycles. The fraction of sp³-hybridized carbons (Fsp3) is 0. The first kappa shape index (κ1) is 33.7. The Morgan fingerprint density at radius 3 is 1.84 bits per heavy atom. The third kappa shape index (κ3) is 4.88. The molecule has 0 aliphatic heterocycles. The summed E-state index contributed by atoms with van der Waals surface area (Å²) in [6, 6.07) is 63.9. The molecule has 5 heterocycles. The maximum atomic E-state index is 6.93. The molecule has 288 valence electrons. The SMILES string of the molecule is c1ccc2cc3c(cc2c1)c1ccccc1n3-c1ccc(-c2nc(-c3ccc4oc5ccccc5c4c3)nc(-c3ccc4sc5ccccc5c4c3)n2)c2oc3ccccc3c12. The van der Waals surface area contributed by atoms with Crippen molar-refractivity contribution in [2.24, 2.45) is 0 Å². The molecule has 0 saturated heterocycles. The van der Waals surface area contributed by atoms with Crippen LogP contribution in [0.3, 0.4) is 0 Å². The van der Waals surface area contributed by atoms with Gasteiger partial charge >= 0.3 is 0 Å². The predicted molar refractivity (Wildman–Crippen MR) is 255 cm³/mol. The van der Waals surface area contributed by atoms with Crippen molar-refractivity contribution in [1.29, 1.82) is 0 Å². The maximum absolute atomic E-state index is 6.93. The lowest BCUT2D eigenvalue weighted by Crippen LogP contribution is -2.01. The Morgan fingerprint density at radius 2 is 1.00 bits per heavy atom. The van der Waals surface area contributed by atoms with E-state index in [-0.39, 0.29) is 0 Å². The topological polar surface area (TPSA) is 69.9 Å². The third-order valence-electron chi connectivity index (χ3n) is 12.4. The molecule has 0 radical (unpaired) electrons. The Hall–Kier alpha value is -8.13. The van der Waals surface area contributed by atoms with E-state index in [0.29, 0.717) is 23.1 Å². The summed E-state index contributed by atoms with van der Waals surface area (Å²) in [4.78, 5) is 15.8. The van der Waals surface area contributed by atoms with Crippen LogP contribution < -0.4 is 0 Å². The molecule has 0 spiro atoms. The molecular formula is C55H30N4O2S. The van der Waals surface area contributed by atoms with Crippen molar-refractivity contribution in [3.8, 4) is 39.9 Å². The fourth-order valence-corrected chi connectivity index (χ4v) is 10.7. The van der Waals surface area contributed by atoms with Crippen molar-refractivity contribution in [2.45, 2.75) is 0 Å². The van der Waals surface area contributed by atoms with Crippen molar-refractivity contribution in [2.75, 3.05) is 0 Å². The number of para-hydroxylation sites is 3. The first-order valence-corrected chi connectivity index (χ1v) is 21.5. The van der Waals surface area contributed by atoms with Gasteiger partial charge in [-0.3, -0.25) is 0 Å². The zero-order valence-electron chi connectivity index (χ0n) is 32.8. The van der Waals surface area contributed by atoms with Gasteiger partial charge in [-0.1, -0.05) is 97.1 Å². The molecule has 6 nitrogen and oxygen atoms in total. The highest BCUT2D eigenvalue weighted by atomic mass is 32.1. The van der Waals surface area contributed by atoms with Gasteiger partial charge in [-0.2, -0.15) is 0 Å². The summed E-state index contributed by atoms with van der Waals surface area (Å²) >= 11 is 1.80. The van der Waals surface area contributed by atoms with Crippen molar-refractivity contribution >= 4 is 108 Å². The molecule has 14 rings (SSSR count). The van der Waals surface area contributed by atoms with E-state index in [1.54, 1.807) is 11.3 Å². The molecule has 14 aromatic rings. The van der Waals surface area contributed by atoms with E-state index in [9.17, 15) is 0 Å². The highest BCUT2D eigenvalue weighted by Gasteiger charge is 2.24. The smallest absolute Gasteiger partial charge is 0.167 e. The van der Waals surface area contributed by atoms with Gasteiger partial charge in [0.15, 0.2) is 17.5 Å². The van der Waals surface area contributed by atoms with Gasteiger partial charge in [0.2, 0.25) is 0 Å². The minimum Gasteiger partial charge on any atom is -0.456 e. The summed E-state index contributed by atoms with van der Waals surface area (Å²) in [6.45, 7) is 0. The number of nitrogens with zero attached hydrogens (tertiary/aromatic N) is 4.